The molecule has 0 saturated carbocycles. The van der Waals surface area contributed by atoms with Gasteiger partial charge in [-0.2, -0.15) is 13.2 Å². The first kappa shape index (κ1) is 11.8. The van der Waals surface area contributed by atoms with E-state index < -0.39 is 12.8 Å². The molecular formula is C9H11F3N2O. The molecule has 0 atom stereocenters. The van der Waals surface area contributed by atoms with Crippen molar-refractivity contribution in [3.8, 4) is 5.75 Å². The topological polar surface area (TPSA) is 34.2 Å². The molecule has 0 aromatic carbocycles. The molecule has 0 fully saturated rings. The number of ether oxygens (including phenoxy) is 1. The van der Waals surface area contributed by atoms with Crippen LogP contribution in [-0.2, 0) is 6.54 Å². The molecule has 1 aromatic rings. The monoisotopic (exact) mass is 220 g/mol. The van der Waals surface area contributed by atoms with E-state index in [2.05, 4.69) is 15.0 Å². The first-order valence-corrected chi connectivity index (χ1v) is 4.30. The molecule has 0 aliphatic rings. The highest BCUT2D eigenvalue weighted by Crippen LogP contribution is 2.20. The number of alkyl halides is 3. The Hall–Kier alpha value is -1.30. The number of halogens is 3. The van der Waals surface area contributed by atoms with Crippen LogP contribution in [-0.4, -0.2) is 24.8 Å². The summed E-state index contributed by atoms with van der Waals surface area (Å²) in [5, 5.41) is 2.83. The minimum atomic E-state index is -4.33. The fourth-order valence-electron chi connectivity index (χ4n) is 1.03. The van der Waals surface area contributed by atoms with Crippen LogP contribution >= 0.6 is 0 Å². The number of nitrogens with zero attached hydrogens (tertiary/aromatic N) is 1. The van der Waals surface area contributed by atoms with Crippen LogP contribution in [0.15, 0.2) is 18.5 Å². The van der Waals surface area contributed by atoms with Crippen molar-refractivity contribution < 1.29 is 17.9 Å². The fraction of sp³-hybridized carbons (Fsp3) is 0.444. The Kier molecular flexibility index (Phi) is 3.90. The van der Waals surface area contributed by atoms with Crippen LogP contribution in [0.4, 0.5) is 13.2 Å². The molecule has 1 aromatic heterocycles. The zero-order valence-electron chi connectivity index (χ0n) is 8.14. The lowest BCUT2D eigenvalue weighted by Gasteiger charge is -2.12. The van der Waals surface area contributed by atoms with Gasteiger partial charge in [0, 0.05) is 18.3 Å². The Balaban J connectivity index is 2.67. The first-order valence-electron chi connectivity index (χ1n) is 4.30. The maximum absolute atomic E-state index is 11.9. The van der Waals surface area contributed by atoms with Gasteiger partial charge in [0.25, 0.3) is 0 Å². The van der Waals surface area contributed by atoms with E-state index in [0.717, 1.165) is 0 Å². The summed E-state index contributed by atoms with van der Waals surface area (Å²) in [5.74, 6) is 0.157. The smallest absolute Gasteiger partial charge is 0.422 e. The SMILES string of the molecule is CNCc1ccncc1OCC(F)(F)F. The normalized spacial score (nSPS) is 11.5. The van der Waals surface area contributed by atoms with Crippen LogP contribution in [0, 0.1) is 0 Å². The van der Waals surface area contributed by atoms with E-state index in [1.54, 1.807) is 13.1 Å². The van der Waals surface area contributed by atoms with Crippen LogP contribution in [0.1, 0.15) is 5.56 Å². The molecule has 6 heteroatoms. The van der Waals surface area contributed by atoms with Gasteiger partial charge < -0.3 is 10.1 Å². The number of hydrogen-bond donors (Lipinski definition) is 1. The van der Waals surface area contributed by atoms with Gasteiger partial charge in [0.1, 0.15) is 5.75 Å². The molecule has 0 amide bonds. The lowest BCUT2D eigenvalue weighted by Crippen LogP contribution is -2.20. The maximum atomic E-state index is 11.9. The number of aromatic nitrogens is 1. The zero-order valence-corrected chi connectivity index (χ0v) is 8.14. The molecular weight excluding hydrogens is 209 g/mol. The molecule has 0 radical (unpaired) electrons. The second-order valence-corrected chi connectivity index (χ2v) is 2.92. The van der Waals surface area contributed by atoms with Crippen molar-refractivity contribution in [2.45, 2.75) is 12.7 Å². The second kappa shape index (κ2) is 4.97. The van der Waals surface area contributed by atoms with E-state index in [1.165, 1.54) is 12.4 Å². The van der Waals surface area contributed by atoms with E-state index in [1.807, 2.05) is 0 Å². The van der Waals surface area contributed by atoms with Crippen molar-refractivity contribution in [1.82, 2.24) is 10.3 Å². The van der Waals surface area contributed by atoms with Crippen molar-refractivity contribution in [3.05, 3.63) is 24.0 Å². The third-order valence-electron chi connectivity index (χ3n) is 1.63. The van der Waals surface area contributed by atoms with Crippen LogP contribution in [0.5, 0.6) is 5.75 Å². The fourth-order valence-corrected chi connectivity index (χ4v) is 1.03. The molecule has 15 heavy (non-hydrogen) atoms. The zero-order chi connectivity index (χ0) is 11.3. The second-order valence-electron chi connectivity index (χ2n) is 2.92. The van der Waals surface area contributed by atoms with Crippen molar-refractivity contribution in [2.75, 3.05) is 13.7 Å². The lowest BCUT2D eigenvalue weighted by molar-refractivity contribution is -0.153. The summed E-state index contributed by atoms with van der Waals surface area (Å²) in [5.41, 5.74) is 0.650. The van der Waals surface area contributed by atoms with E-state index >= 15 is 0 Å². The predicted molar refractivity (Wildman–Crippen MR) is 48.6 cm³/mol. The Labute approximate surface area is 85.3 Å². The van der Waals surface area contributed by atoms with Gasteiger partial charge >= 0.3 is 6.18 Å². The largest absolute Gasteiger partial charge is 0.482 e. The Morgan fingerprint density at radius 3 is 2.80 bits per heavy atom. The van der Waals surface area contributed by atoms with Gasteiger partial charge in [0.15, 0.2) is 6.61 Å². The number of nitrogens with one attached hydrogen (secondary N) is 1. The molecule has 1 rings (SSSR count). The van der Waals surface area contributed by atoms with Gasteiger partial charge in [0.05, 0.1) is 6.20 Å². The minimum Gasteiger partial charge on any atom is -0.482 e. The summed E-state index contributed by atoms with van der Waals surface area (Å²) in [6.45, 7) is -0.856. The number of pyridine rings is 1. The van der Waals surface area contributed by atoms with Crippen molar-refractivity contribution in [1.29, 1.82) is 0 Å². The first-order chi connectivity index (χ1) is 7.03. The van der Waals surface area contributed by atoms with Gasteiger partial charge in [-0.25, -0.2) is 0 Å². The summed E-state index contributed by atoms with van der Waals surface area (Å²) in [4.78, 5) is 3.71. The average molecular weight is 220 g/mol. The highest BCUT2D eigenvalue weighted by molar-refractivity contribution is 5.29. The van der Waals surface area contributed by atoms with Crippen LogP contribution in [0.2, 0.25) is 0 Å². The van der Waals surface area contributed by atoms with Crippen LogP contribution in [0.25, 0.3) is 0 Å². The van der Waals surface area contributed by atoms with E-state index in [-0.39, 0.29) is 5.75 Å². The molecule has 3 nitrogen and oxygen atoms in total. The Bertz CT molecular complexity index is 314. The molecule has 0 spiro atoms. The Morgan fingerprint density at radius 2 is 2.20 bits per heavy atom. The third-order valence-corrected chi connectivity index (χ3v) is 1.63. The van der Waals surface area contributed by atoms with Gasteiger partial charge in [-0.05, 0) is 13.1 Å². The van der Waals surface area contributed by atoms with Crippen LogP contribution < -0.4 is 10.1 Å². The molecule has 0 unspecified atom stereocenters. The highest BCUT2D eigenvalue weighted by atomic mass is 19.4. The molecule has 0 saturated heterocycles. The maximum Gasteiger partial charge on any atom is 0.422 e. The lowest BCUT2D eigenvalue weighted by atomic mass is 10.2. The van der Waals surface area contributed by atoms with Crippen molar-refractivity contribution in [2.24, 2.45) is 0 Å². The summed E-state index contributed by atoms with van der Waals surface area (Å²) in [6, 6.07) is 1.61. The van der Waals surface area contributed by atoms with Crippen molar-refractivity contribution in [3.63, 3.8) is 0 Å². The minimum absolute atomic E-state index is 0.157. The summed E-state index contributed by atoms with van der Waals surface area (Å²) in [6.07, 6.45) is -1.54. The molecule has 84 valence electrons. The van der Waals surface area contributed by atoms with Gasteiger partial charge in [-0.15, -0.1) is 0 Å². The molecule has 0 bridgehead atoms. The Morgan fingerprint density at radius 1 is 1.47 bits per heavy atom. The van der Waals surface area contributed by atoms with Gasteiger partial charge in [0.2, 0.25) is 0 Å². The number of hydrogen-bond acceptors (Lipinski definition) is 3. The average Bonchev–Trinajstić information content (AvgIpc) is 2.16. The van der Waals surface area contributed by atoms with Crippen LogP contribution in [0.3, 0.4) is 0 Å². The third kappa shape index (κ3) is 4.16. The quantitative estimate of drug-likeness (QED) is 0.839. The van der Waals surface area contributed by atoms with Gasteiger partial charge in [-0.1, -0.05) is 0 Å². The summed E-state index contributed by atoms with van der Waals surface area (Å²) < 4.78 is 40.3. The summed E-state index contributed by atoms with van der Waals surface area (Å²) in [7, 11) is 1.70. The van der Waals surface area contributed by atoms with E-state index in [0.29, 0.717) is 12.1 Å². The van der Waals surface area contributed by atoms with Gasteiger partial charge in [-0.3, -0.25) is 4.98 Å². The number of rotatable bonds is 4. The van der Waals surface area contributed by atoms with Crippen molar-refractivity contribution >= 4 is 0 Å². The highest BCUT2D eigenvalue weighted by Gasteiger charge is 2.28. The molecule has 0 aliphatic heterocycles. The summed E-state index contributed by atoms with van der Waals surface area (Å²) >= 11 is 0. The predicted octanol–water partition coefficient (Wildman–Crippen LogP) is 1.74. The molecule has 0 aliphatic carbocycles. The molecule has 1 N–H and O–H groups in total. The van der Waals surface area contributed by atoms with E-state index in [4.69, 9.17) is 0 Å². The standard InChI is InChI=1S/C9H11F3N2O/c1-13-4-7-2-3-14-5-8(7)15-6-9(10,11)12/h2-3,5,13H,4,6H2,1H3. The van der Waals surface area contributed by atoms with E-state index in [9.17, 15) is 13.2 Å². The molecule has 1 heterocycles.